The molecular weight excluding hydrogens is 771 g/mol. The molecule has 3 fully saturated rings. The molecule has 4 heterocycles. The van der Waals surface area contributed by atoms with Gasteiger partial charge in [0.2, 0.25) is 0 Å². The summed E-state index contributed by atoms with van der Waals surface area (Å²) in [4.78, 5) is 0. The zero-order chi connectivity index (χ0) is 42.3. The van der Waals surface area contributed by atoms with Gasteiger partial charge in [-0.1, -0.05) is 131 Å². The number of aromatic nitrogens is 2. The van der Waals surface area contributed by atoms with E-state index in [4.69, 9.17) is 0 Å². The van der Waals surface area contributed by atoms with Crippen LogP contribution in [0.2, 0.25) is 0 Å². The van der Waals surface area contributed by atoms with Gasteiger partial charge >= 0.3 is 6.85 Å². The average molecular weight is 825 g/mol. The molecule has 7 aromatic carbocycles. The standard InChI is InChI=1S/C61H53BN2/c1-33-36-17-18-37(33)31-61(5,30-36)40-27-48-45-26-39(60(4)24-23-35-25-38(35)32-60)20-22-52(45)64-56(48)49(28-40)47-29-46-42-13-8-9-15-50(42)59(2,3)53(46)58-54(47)62(64)51-16-10-14-43-44-21-19-34-11-6-7-12-41(34)55(44)63(58)57(43)51/h6-16,19-23,26-29,33,36-38H,17-18,24-25,30-32H2,1-5H3. The van der Waals surface area contributed by atoms with Gasteiger partial charge in [-0.2, -0.15) is 0 Å². The molecule has 2 bridgehead atoms. The first-order valence-corrected chi connectivity index (χ1v) is 24.7. The summed E-state index contributed by atoms with van der Waals surface area (Å²) in [6.45, 7) is 12.8. The van der Waals surface area contributed by atoms with E-state index in [1.165, 1.54) is 148 Å². The van der Waals surface area contributed by atoms with Crippen LogP contribution in [0, 0.1) is 23.7 Å². The van der Waals surface area contributed by atoms with Crippen molar-refractivity contribution in [1.82, 2.24) is 9.05 Å². The van der Waals surface area contributed by atoms with Crippen molar-refractivity contribution < 1.29 is 0 Å². The number of rotatable bonds is 2. The van der Waals surface area contributed by atoms with Gasteiger partial charge in [0.05, 0.1) is 11.0 Å². The van der Waals surface area contributed by atoms with Gasteiger partial charge in [0.25, 0.3) is 0 Å². The van der Waals surface area contributed by atoms with Gasteiger partial charge in [0, 0.05) is 54.6 Å². The minimum absolute atomic E-state index is 0.0370. The van der Waals surface area contributed by atoms with Crippen LogP contribution in [-0.4, -0.2) is 15.9 Å². The molecule has 0 radical (unpaired) electrons. The molecule has 310 valence electrons. The van der Waals surface area contributed by atoms with Crippen LogP contribution >= 0.6 is 0 Å². The summed E-state index contributed by atoms with van der Waals surface area (Å²) in [5, 5.41) is 8.27. The molecule has 5 aliphatic carbocycles. The highest BCUT2D eigenvalue weighted by Gasteiger charge is 2.50. The Hall–Kier alpha value is -5.80. The molecule has 9 aromatic rings. The lowest BCUT2D eigenvalue weighted by molar-refractivity contribution is 0.162. The molecule has 16 rings (SSSR count). The minimum atomic E-state index is -0.192. The third-order valence-corrected chi connectivity index (χ3v) is 19.4. The van der Waals surface area contributed by atoms with Crippen molar-refractivity contribution in [3.63, 3.8) is 0 Å². The van der Waals surface area contributed by atoms with Gasteiger partial charge in [-0.15, -0.1) is 0 Å². The SMILES string of the molecule is CC1C2CCC1CC(C)(c1cc3c4c(c1)c1cc(C5(C)CC=C6CC6C5)ccc1n4B1c4c-3cc3c(c4-n4c5c1cccc5c1ccc5ccccc5c14)C(C)(C)c1ccccc1-3)C2. The molecule has 2 aliphatic heterocycles. The van der Waals surface area contributed by atoms with Crippen molar-refractivity contribution in [2.24, 2.45) is 23.7 Å². The second kappa shape index (κ2) is 11.3. The van der Waals surface area contributed by atoms with E-state index in [2.05, 4.69) is 165 Å². The number of nitrogens with zero attached hydrogens (tertiary/aromatic N) is 2. The molecule has 7 aliphatic rings. The Balaban J connectivity index is 1.09. The van der Waals surface area contributed by atoms with Crippen molar-refractivity contribution in [3.8, 4) is 27.9 Å². The van der Waals surface area contributed by atoms with Crippen LogP contribution in [0.25, 0.3) is 82.3 Å². The first-order chi connectivity index (χ1) is 31.1. The van der Waals surface area contributed by atoms with E-state index in [0.717, 1.165) is 30.1 Å². The van der Waals surface area contributed by atoms with E-state index < -0.39 is 0 Å². The van der Waals surface area contributed by atoms with Crippen LogP contribution in [0.1, 0.15) is 102 Å². The van der Waals surface area contributed by atoms with E-state index in [-0.39, 0.29) is 23.1 Å². The molecule has 0 N–H and O–H groups in total. The van der Waals surface area contributed by atoms with Gasteiger partial charge in [0.1, 0.15) is 0 Å². The molecule has 0 spiro atoms. The minimum Gasteiger partial charge on any atom is -0.375 e. The fourth-order valence-electron chi connectivity index (χ4n) is 16.0. The maximum atomic E-state index is 2.85. The molecule has 2 nitrogen and oxygen atoms in total. The molecule has 3 heteroatoms. The zero-order valence-corrected chi connectivity index (χ0v) is 37.8. The van der Waals surface area contributed by atoms with E-state index in [1.807, 2.05) is 0 Å². The van der Waals surface area contributed by atoms with Crippen LogP contribution in [0.5, 0.6) is 0 Å². The van der Waals surface area contributed by atoms with Crippen molar-refractivity contribution in [2.75, 3.05) is 0 Å². The maximum absolute atomic E-state index is 2.85. The third-order valence-electron chi connectivity index (χ3n) is 19.4. The molecule has 0 saturated heterocycles. The van der Waals surface area contributed by atoms with Crippen LogP contribution < -0.4 is 10.9 Å². The van der Waals surface area contributed by atoms with Gasteiger partial charge in [-0.3, -0.25) is 0 Å². The van der Waals surface area contributed by atoms with Gasteiger partial charge < -0.3 is 9.05 Å². The number of hydrogen-bond donors (Lipinski definition) is 0. The van der Waals surface area contributed by atoms with E-state index in [9.17, 15) is 0 Å². The number of hydrogen-bond acceptors (Lipinski definition) is 0. The largest absolute Gasteiger partial charge is 0.375 e. The molecular formula is C61H53BN2. The molecule has 0 amide bonds. The van der Waals surface area contributed by atoms with Crippen LogP contribution in [0.15, 0.2) is 127 Å². The fourth-order valence-corrected chi connectivity index (χ4v) is 16.0. The Morgan fingerprint density at radius 2 is 1.38 bits per heavy atom. The third kappa shape index (κ3) is 4.11. The Morgan fingerprint density at radius 1 is 0.594 bits per heavy atom. The van der Waals surface area contributed by atoms with E-state index in [1.54, 1.807) is 11.1 Å². The van der Waals surface area contributed by atoms with Gasteiger partial charge in [0.15, 0.2) is 0 Å². The normalized spacial score (nSPS) is 27.3. The highest BCUT2D eigenvalue weighted by molar-refractivity contribution is 6.90. The lowest BCUT2D eigenvalue weighted by Gasteiger charge is -2.42. The molecule has 3 saturated carbocycles. The predicted octanol–water partition coefficient (Wildman–Crippen LogP) is 14.0. The highest BCUT2D eigenvalue weighted by atomic mass is 15.0. The quantitative estimate of drug-likeness (QED) is 0.121. The summed E-state index contributed by atoms with van der Waals surface area (Å²) >= 11 is 0. The summed E-state index contributed by atoms with van der Waals surface area (Å²) < 4.78 is 5.64. The van der Waals surface area contributed by atoms with Crippen LogP contribution in [-0.2, 0) is 16.2 Å². The molecule has 4 atom stereocenters. The van der Waals surface area contributed by atoms with E-state index in [0.29, 0.717) is 0 Å². The highest BCUT2D eigenvalue weighted by Crippen LogP contribution is 2.59. The lowest BCUT2D eigenvalue weighted by Crippen LogP contribution is -2.56. The Kier molecular flexibility index (Phi) is 6.30. The Morgan fingerprint density at radius 3 is 2.23 bits per heavy atom. The average Bonchev–Trinajstić information content (AvgIpc) is 3.71. The summed E-state index contributed by atoms with van der Waals surface area (Å²) in [5.41, 5.74) is 23.4. The number of para-hydroxylation sites is 1. The second-order valence-corrected chi connectivity index (χ2v) is 23.0. The summed E-state index contributed by atoms with van der Waals surface area (Å²) in [6.07, 6.45) is 11.7. The predicted molar refractivity (Wildman–Crippen MR) is 269 cm³/mol. The first-order valence-electron chi connectivity index (χ1n) is 24.7. The van der Waals surface area contributed by atoms with Gasteiger partial charge in [-0.25, -0.2) is 0 Å². The topological polar surface area (TPSA) is 9.86 Å². The number of fused-ring (bicyclic) bond motifs is 19. The second-order valence-electron chi connectivity index (χ2n) is 23.0. The van der Waals surface area contributed by atoms with Crippen molar-refractivity contribution in [1.29, 1.82) is 0 Å². The monoisotopic (exact) mass is 824 g/mol. The Bertz CT molecular complexity index is 3710. The van der Waals surface area contributed by atoms with E-state index >= 15 is 0 Å². The fraction of sp³-hybridized carbons (Fsp3) is 0.311. The van der Waals surface area contributed by atoms with Gasteiger partial charge in [-0.05, 0) is 165 Å². The van der Waals surface area contributed by atoms with Crippen LogP contribution in [0.3, 0.4) is 0 Å². The number of benzene rings is 7. The lowest BCUT2D eigenvalue weighted by atomic mass is 9.45. The molecule has 64 heavy (non-hydrogen) atoms. The maximum Gasteiger partial charge on any atom is 0.333 e. The summed E-state index contributed by atoms with van der Waals surface area (Å²) in [5.74, 6) is 3.27. The molecule has 4 unspecified atom stereocenters. The summed E-state index contributed by atoms with van der Waals surface area (Å²) in [7, 11) is 0. The molecule has 2 aromatic heterocycles. The Labute approximate surface area is 376 Å². The smallest absolute Gasteiger partial charge is 0.333 e. The van der Waals surface area contributed by atoms with Crippen molar-refractivity contribution in [2.45, 2.75) is 95.8 Å². The van der Waals surface area contributed by atoms with Crippen LogP contribution in [0.4, 0.5) is 0 Å². The summed E-state index contributed by atoms with van der Waals surface area (Å²) in [6, 6.07) is 46.4. The number of allylic oxidation sites excluding steroid dienone is 2. The first kappa shape index (κ1) is 35.5. The zero-order valence-electron chi connectivity index (χ0n) is 37.8. The van der Waals surface area contributed by atoms with Crippen molar-refractivity contribution >= 4 is 72.2 Å². The van der Waals surface area contributed by atoms with Crippen molar-refractivity contribution in [3.05, 3.63) is 149 Å².